The molecule has 25 heavy (non-hydrogen) atoms. The Kier molecular flexibility index (Phi) is 9.26. The highest BCUT2D eigenvalue weighted by Crippen LogP contribution is 2.13. The summed E-state index contributed by atoms with van der Waals surface area (Å²) in [5.74, 6) is 0.552. The Balaban J connectivity index is 0.00000312. The van der Waals surface area contributed by atoms with Crippen molar-refractivity contribution < 1.29 is 4.39 Å². The number of anilines is 1. The lowest BCUT2D eigenvalue weighted by Gasteiger charge is -2.15. The van der Waals surface area contributed by atoms with E-state index in [4.69, 9.17) is 0 Å². The fourth-order valence-corrected chi connectivity index (χ4v) is 2.33. The van der Waals surface area contributed by atoms with E-state index in [-0.39, 0.29) is 29.8 Å². The molecule has 0 bridgehead atoms. The van der Waals surface area contributed by atoms with Gasteiger partial charge in [0.2, 0.25) is 0 Å². The minimum Gasteiger partial charge on any atom is -0.378 e. The molecule has 2 aromatic carbocycles. The summed E-state index contributed by atoms with van der Waals surface area (Å²) in [6.07, 6.45) is 0.817. The van der Waals surface area contributed by atoms with E-state index < -0.39 is 0 Å². The molecule has 0 amide bonds. The third kappa shape index (κ3) is 7.29. The van der Waals surface area contributed by atoms with Gasteiger partial charge in [-0.05, 0) is 41.8 Å². The summed E-state index contributed by atoms with van der Waals surface area (Å²) in [6.45, 7) is 1.45. The van der Waals surface area contributed by atoms with Gasteiger partial charge in [0.05, 0.1) is 0 Å². The van der Waals surface area contributed by atoms with E-state index >= 15 is 0 Å². The van der Waals surface area contributed by atoms with Crippen LogP contribution in [0.3, 0.4) is 0 Å². The van der Waals surface area contributed by atoms with Gasteiger partial charge in [0, 0.05) is 39.9 Å². The normalized spacial score (nSPS) is 10.8. The van der Waals surface area contributed by atoms with Gasteiger partial charge in [0.1, 0.15) is 5.82 Å². The number of aliphatic imine (C=N–C) groups is 1. The van der Waals surface area contributed by atoms with Crippen molar-refractivity contribution in [3.63, 3.8) is 0 Å². The van der Waals surface area contributed by atoms with Gasteiger partial charge in [-0.3, -0.25) is 4.99 Å². The van der Waals surface area contributed by atoms with Crippen LogP contribution < -0.4 is 15.5 Å². The van der Waals surface area contributed by atoms with Crippen LogP contribution in [0.4, 0.5) is 10.1 Å². The summed E-state index contributed by atoms with van der Waals surface area (Å²) in [5, 5.41) is 6.58. The summed E-state index contributed by atoms with van der Waals surface area (Å²) in [4.78, 5) is 6.31. The van der Waals surface area contributed by atoms with Crippen LogP contribution in [0.1, 0.15) is 11.1 Å². The molecule has 2 rings (SSSR count). The molecule has 6 heteroatoms. The molecule has 2 N–H and O–H groups in total. The molecule has 0 saturated heterocycles. The Bertz CT molecular complexity index is 671. The van der Waals surface area contributed by atoms with E-state index in [1.807, 2.05) is 14.1 Å². The highest BCUT2D eigenvalue weighted by molar-refractivity contribution is 14.0. The van der Waals surface area contributed by atoms with Crippen LogP contribution in [0.5, 0.6) is 0 Å². The monoisotopic (exact) mass is 456 g/mol. The summed E-state index contributed by atoms with van der Waals surface area (Å²) < 4.78 is 12.9. The minimum atomic E-state index is -0.204. The molecule has 0 heterocycles. The topological polar surface area (TPSA) is 39.7 Å². The standard InChI is InChI=1S/C19H25FN4.HI/c1-21-19(22-12-11-15-7-9-17(20)10-8-15)23-14-16-5-4-6-18(13-16)24(2)3;/h4-10,13H,11-12,14H2,1-3H3,(H2,21,22,23);1H. The zero-order chi connectivity index (χ0) is 17.4. The van der Waals surface area contributed by atoms with Gasteiger partial charge in [-0.25, -0.2) is 4.39 Å². The Morgan fingerprint density at radius 2 is 1.76 bits per heavy atom. The maximum Gasteiger partial charge on any atom is 0.191 e. The molecule has 0 aliphatic carbocycles. The Morgan fingerprint density at radius 3 is 2.40 bits per heavy atom. The fraction of sp³-hybridized carbons (Fsp3) is 0.316. The zero-order valence-corrected chi connectivity index (χ0v) is 17.3. The molecule has 2 aromatic rings. The first-order valence-electron chi connectivity index (χ1n) is 8.03. The van der Waals surface area contributed by atoms with Gasteiger partial charge < -0.3 is 15.5 Å². The van der Waals surface area contributed by atoms with Gasteiger partial charge in [-0.1, -0.05) is 24.3 Å². The maximum atomic E-state index is 12.9. The number of hydrogen-bond donors (Lipinski definition) is 2. The quantitative estimate of drug-likeness (QED) is 0.398. The predicted octanol–water partition coefficient (Wildman–Crippen LogP) is 3.42. The van der Waals surface area contributed by atoms with Gasteiger partial charge in [0.15, 0.2) is 5.96 Å². The smallest absolute Gasteiger partial charge is 0.191 e. The number of halogens is 2. The fourth-order valence-electron chi connectivity index (χ4n) is 2.33. The highest BCUT2D eigenvalue weighted by Gasteiger charge is 2.01. The van der Waals surface area contributed by atoms with Crippen molar-refractivity contribution >= 4 is 35.6 Å². The second kappa shape index (κ2) is 10.9. The lowest BCUT2D eigenvalue weighted by molar-refractivity contribution is 0.626. The third-order valence-electron chi connectivity index (χ3n) is 3.73. The number of guanidine groups is 1. The minimum absolute atomic E-state index is 0. The molecule has 0 aliphatic rings. The zero-order valence-electron chi connectivity index (χ0n) is 14.9. The largest absolute Gasteiger partial charge is 0.378 e. The summed E-state index contributed by atoms with van der Waals surface area (Å²) in [5.41, 5.74) is 3.47. The number of nitrogens with zero attached hydrogens (tertiary/aromatic N) is 2. The van der Waals surface area contributed by atoms with Gasteiger partial charge >= 0.3 is 0 Å². The number of hydrogen-bond acceptors (Lipinski definition) is 2. The third-order valence-corrected chi connectivity index (χ3v) is 3.73. The van der Waals surface area contributed by atoms with Crippen molar-refractivity contribution in [2.75, 3.05) is 32.6 Å². The first-order valence-corrected chi connectivity index (χ1v) is 8.03. The lowest BCUT2D eigenvalue weighted by Crippen LogP contribution is -2.37. The molecule has 0 aliphatic heterocycles. The van der Waals surface area contributed by atoms with Crippen molar-refractivity contribution in [2.45, 2.75) is 13.0 Å². The van der Waals surface area contributed by atoms with Crippen LogP contribution in [0.15, 0.2) is 53.5 Å². The molecule has 0 radical (unpaired) electrons. The second-order valence-electron chi connectivity index (χ2n) is 5.79. The summed E-state index contributed by atoms with van der Waals surface area (Å²) >= 11 is 0. The van der Waals surface area contributed by atoms with Gasteiger partial charge in [-0.2, -0.15) is 0 Å². The number of benzene rings is 2. The Morgan fingerprint density at radius 1 is 1.04 bits per heavy atom. The summed E-state index contributed by atoms with van der Waals surface area (Å²) in [6, 6.07) is 15.0. The first-order chi connectivity index (χ1) is 11.6. The molecule has 0 atom stereocenters. The van der Waals surface area contributed by atoms with E-state index in [0.717, 1.165) is 24.5 Å². The predicted molar refractivity (Wildman–Crippen MR) is 114 cm³/mol. The van der Waals surface area contributed by atoms with Crippen molar-refractivity contribution in [1.82, 2.24) is 10.6 Å². The van der Waals surface area contributed by atoms with E-state index in [0.29, 0.717) is 6.54 Å². The van der Waals surface area contributed by atoms with Crippen molar-refractivity contribution in [2.24, 2.45) is 4.99 Å². The van der Waals surface area contributed by atoms with Crippen molar-refractivity contribution in [3.05, 3.63) is 65.5 Å². The molecule has 136 valence electrons. The van der Waals surface area contributed by atoms with E-state index in [2.05, 4.69) is 44.8 Å². The molecular weight excluding hydrogens is 430 g/mol. The molecule has 0 fully saturated rings. The Labute approximate surface area is 166 Å². The Hall–Kier alpha value is -1.83. The van der Waals surface area contributed by atoms with E-state index in [1.165, 1.54) is 23.4 Å². The van der Waals surface area contributed by atoms with Crippen LogP contribution in [-0.2, 0) is 13.0 Å². The average molecular weight is 456 g/mol. The molecule has 0 spiro atoms. The lowest BCUT2D eigenvalue weighted by atomic mass is 10.1. The molecular formula is C19H26FIN4. The maximum absolute atomic E-state index is 12.9. The first kappa shape index (κ1) is 21.2. The molecule has 4 nitrogen and oxygen atoms in total. The van der Waals surface area contributed by atoms with Gasteiger partial charge in [0.25, 0.3) is 0 Å². The highest BCUT2D eigenvalue weighted by atomic mass is 127. The number of nitrogens with one attached hydrogen (secondary N) is 2. The van der Waals surface area contributed by atoms with E-state index in [9.17, 15) is 4.39 Å². The van der Waals surface area contributed by atoms with Crippen molar-refractivity contribution in [3.8, 4) is 0 Å². The SMILES string of the molecule is CN=C(NCCc1ccc(F)cc1)NCc1cccc(N(C)C)c1.I. The molecule has 0 aromatic heterocycles. The van der Waals surface area contributed by atoms with Crippen LogP contribution >= 0.6 is 24.0 Å². The van der Waals surface area contributed by atoms with Crippen LogP contribution in [0, 0.1) is 5.82 Å². The van der Waals surface area contributed by atoms with Gasteiger partial charge in [-0.15, -0.1) is 24.0 Å². The summed E-state index contributed by atoms with van der Waals surface area (Å²) in [7, 11) is 5.81. The van der Waals surface area contributed by atoms with Crippen molar-refractivity contribution in [1.29, 1.82) is 0 Å². The molecule has 0 saturated carbocycles. The average Bonchev–Trinajstić information content (AvgIpc) is 2.59. The van der Waals surface area contributed by atoms with E-state index in [1.54, 1.807) is 19.2 Å². The van der Waals surface area contributed by atoms with Crippen LogP contribution in [0.25, 0.3) is 0 Å². The van der Waals surface area contributed by atoms with Crippen LogP contribution in [0.2, 0.25) is 0 Å². The molecule has 0 unspecified atom stereocenters. The van der Waals surface area contributed by atoms with Crippen LogP contribution in [-0.4, -0.2) is 33.6 Å². The number of rotatable bonds is 6. The second-order valence-corrected chi connectivity index (χ2v) is 5.79.